The van der Waals surface area contributed by atoms with Crippen LogP contribution < -0.4 is 15.6 Å². The minimum Gasteiger partial charge on any atom is -0.492 e. The van der Waals surface area contributed by atoms with E-state index in [9.17, 15) is 4.79 Å². The number of rotatable bonds is 7. The van der Waals surface area contributed by atoms with Crippen molar-refractivity contribution in [2.45, 2.75) is 25.8 Å². The zero-order chi connectivity index (χ0) is 21.4. The summed E-state index contributed by atoms with van der Waals surface area (Å²) in [7, 11) is 0. The lowest BCUT2D eigenvalue weighted by atomic mass is 10.1. The van der Waals surface area contributed by atoms with Crippen LogP contribution in [-0.4, -0.2) is 21.6 Å². The summed E-state index contributed by atoms with van der Waals surface area (Å²) in [5, 5.41) is 7.46. The van der Waals surface area contributed by atoms with Crippen LogP contribution in [0.5, 0.6) is 5.75 Å². The monoisotopic (exact) mass is 452 g/mol. The summed E-state index contributed by atoms with van der Waals surface area (Å²) in [5.41, 5.74) is 2.99. The van der Waals surface area contributed by atoms with Gasteiger partial charge in [0.15, 0.2) is 5.13 Å². The molecule has 1 aliphatic rings. The SMILES string of the molecule is C[C@H](Nc1nc(-c2cccnc2)cs1)c1cc2cc(Cl)c(OCC3CC3)cc2[nH]c1=O. The zero-order valence-electron chi connectivity index (χ0n) is 16.9. The van der Waals surface area contributed by atoms with Crippen LogP contribution >= 0.6 is 22.9 Å². The minimum absolute atomic E-state index is 0.146. The van der Waals surface area contributed by atoms with Gasteiger partial charge in [0.1, 0.15) is 5.75 Å². The van der Waals surface area contributed by atoms with Crippen molar-refractivity contribution in [3.8, 4) is 17.0 Å². The highest BCUT2D eigenvalue weighted by Crippen LogP contribution is 2.34. The average Bonchev–Trinajstić information content (AvgIpc) is 3.49. The van der Waals surface area contributed by atoms with Crippen LogP contribution in [0.4, 0.5) is 5.13 Å². The molecule has 0 radical (unpaired) electrons. The van der Waals surface area contributed by atoms with Crippen molar-refractivity contribution in [1.29, 1.82) is 0 Å². The average molecular weight is 453 g/mol. The number of ether oxygens (including phenoxy) is 1. The lowest BCUT2D eigenvalue weighted by Crippen LogP contribution is -2.19. The number of fused-ring (bicyclic) bond motifs is 1. The smallest absolute Gasteiger partial charge is 0.253 e. The molecule has 3 heterocycles. The van der Waals surface area contributed by atoms with Crippen molar-refractivity contribution in [2.75, 3.05) is 11.9 Å². The maximum absolute atomic E-state index is 12.8. The van der Waals surface area contributed by atoms with Gasteiger partial charge in [-0.2, -0.15) is 0 Å². The van der Waals surface area contributed by atoms with E-state index in [1.807, 2.05) is 42.6 Å². The maximum Gasteiger partial charge on any atom is 0.253 e. The number of pyridine rings is 2. The maximum atomic E-state index is 12.8. The Morgan fingerprint density at radius 3 is 3.00 bits per heavy atom. The molecule has 158 valence electrons. The number of aromatic amines is 1. The van der Waals surface area contributed by atoms with Gasteiger partial charge in [-0.25, -0.2) is 4.98 Å². The molecule has 1 aliphatic carbocycles. The molecule has 4 aromatic rings. The van der Waals surface area contributed by atoms with Gasteiger partial charge in [0.2, 0.25) is 0 Å². The molecule has 1 aromatic carbocycles. The summed E-state index contributed by atoms with van der Waals surface area (Å²) in [5.74, 6) is 1.24. The topological polar surface area (TPSA) is 79.9 Å². The van der Waals surface area contributed by atoms with E-state index in [4.69, 9.17) is 16.3 Å². The Balaban J connectivity index is 1.37. The quantitative estimate of drug-likeness (QED) is 0.378. The van der Waals surface area contributed by atoms with Crippen molar-refractivity contribution in [3.63, 3.8) is 0 Å². The second-order valence-electron chi connectivity index (χ2n) is 7.82. The highest BCUT2D eigenvalue weighted by atomic mass is 35.5. The molecule has 5 rings (SSSR count). The highest BCUT2D eigenvalue weighted by molar-refractivity contribution is 7.14. The van der Waals surface area contributed by atoms with Crippen molar-refractivity contribution in [1.82, 2.24) is 15.0 Å². The molecule has 31 heavy (non-hydrogen) atoms. The first-order valence-corrected chi connectivity index (χ1v) is 11.4. The van der Waals surface area contributed by atoms with E-state index >= 15 is 0 Å². The molecule has 0 aliphatic heterocycles. The summed E-state index contributed by atoms with van der Waals surface area (Å²) in [6, 6.07) is 9.14. The Bertz CT molecular complexity index is 1280. The van der Waals surface area contributed by atoms with E-state index in [0.717, 1.165) is 21.8 Å². The van der Waals surface area contributed by atoms with Gasteiger partial charge >= 0.3 is 0 Å². The second kappa shape index (κ2) is 8.32. The molecule has 2 N–H and O–H groups in total. The summed E-state index contributed by atoms with van der Waals surface area (Å²) in [4.78, 5) is 24.5. The summed E-state index contributed by atoms with van der Waals surface area (Å²) in [6.07, 6.45) is 5.93. The Labute approximate surface area is 188 Å². The number of nitrogens with one attached hydrogen (secondary N) is 2. The fraction of sp³-hybridized carbons (Fsp3) is 0.261. The van der Waals surface area contributed by atoms with Crippen molar-refractivity contribution >= 4 is 39.0 Å². The van der Waals surface area contributed by atoms with E-state index in [1.54, 1.807) is 12.4 Å². The molecule has 0 spiro atoms. The van der Waals surface area contributed by atoms with Gasteiger partial charge < -0.3 is 15.0 Å². The van der Waals surface area contributed by atoms with E-state index in [0.29, 0.717) is 34.4 Å². The Morgan fingerprint density at radius 2 is 2.23 bits per heavy atom. The molecule has 0 unspecified atom stereocenters. The van der Waals surface area contributed by atoms with Crippen molar-refractivity contribution < 1.29 is 4.74 Å². The molecule has 8 heteroatoms. The van der Waals surface area contributed by atoms with Crippen LogP contribution in [-0.2, 0) is 0 Å². The lowest BCUT2D eigenvalue weighted by molar-refractivity contribution is 0.300. The Hall–Kier alpha value is -2.90. The number of hydrogen-bond acceptors (Lipinski definition) is 6. The fourth-order valence-electron chi connectivity index (χ4n) is 3.40. The number of benzene rings is 1. The molecular formula is C23H21ClN4O2S. The number of H-pyrrole nitrogens is 1. The first-order valence-electron chi connectivity index (χ1n) is 10.2. The molecule has 1 saturated carbocycles. The zero-order valence-corrected chi connectivity index (χ0v) is 18.5. The van der Waals surface area contributed by atoms with Crippen molar-refractivity contribution in [3.05, 3.63) is 69.0 Å². The Morgan fingerprint density at radius 1 is 1.35 bits per heavy atom. The first-order chi connectivity index (χ1) is 15.1. The van der Waals surface area contributed by atoms with Crippen LogP contribution in [0.2, 0.25) is 5.02 Å². The molecule has 0 bridgehead atoms. The number of halogens is 1. The van der Waals surface area contributed by atoms with E-state index in [-0.39, 0.29) is 11.6 Å². The molecule has 6 nitrogen and oxygen atoms in total. The molecular weight excluding hydrogens is 432 g/mol. The third-order valence-electron chi connectivity index (χ3n) is 5.36. The number of hydrogen-bond donors (Lipinski definition) is 2. The molecule has 1 fully saturated rings. The largest absolute Gasteiger partial charge is 0.492 e. The molecule has 1 atom stereocenters. The van der Waals surface area contributed by atoms with Gasteiger partial charge in [0.05, 0.1) is 28.9 Å². The van der Waals surface area contributed by atoms with E-state index in [2.05, 4.69) is 20.3 Å². The molecule has 3 aromatic heterocycles. The highest BCUT2D eigenvalue weighted by Gasteiger charge is 2.22. The van der Waals surface area contributed by atoms with Crippen molar-refractivity contribution in [2.24, 2.45) is 5.92 Å². The van der Waals surface area contributed by atoms with Crippen LogP contribution in [0.15, 0.2) is 52.9 Å². The van der Waals surface area contributed by atoms with E-state index < -0.39 is 0 Å². The normalized spacial score (nSPS) is 14.5. The van der Waals surface area contributed by atoms with Crippen LogP contribution in [0.3, 0.4) is 0 Å². The predicted molar refractivity (Wildman–Crippen MR) is 125 cm³/mol. The van der Waals surface area contributed by atoms with Crippen LogP contribution in [0, 0.1) is 5.92 Å². The van der Waals surface area contributed by atoms with Gasteiger partial charge in [-0.05, 0) is 49.9 Å². The summed E-state index contributed by atoms with van der Waals surface area (Å²) >= 11 is 7.92. The minimum atomic E-state index is -0.231. The van der Waals surface area contributed by atoms with Crippen LogP contribution in [0.1, 0.15) is 31.4 Å². The second-order valence-corrected chi connectivity index (χ2v) is 9.09. The lowest BCUT2D eigenvalue weighted by Gasteiger charge is -2.14. The molecule has 0 amide bonds. The third-order valence-corrected chi connectivity index (χ3v) is 6.43. The van der Waals surface area contributed by atoms with Gasteiger partial charge in [0, 0.05) is 40.4 Å². The number of thiazole rings is 1. The van der Waals surface area contributed by atoms with Crippen LogP contribution in [0.25, 0.3) is 22.2 Å². The third kappa shape index (κ3) is 4.43. The number of nitrogens with zero attached hydrogens (tertiary/aromatic N) is 2. The first kappa shape index (κ1) is 20.0. The predicted octanol–water partition coefficient (Wildman–Crippen LogP) is 5.66. The van der Waals surface area contributed by atoms with Gasteiger partial charge in [-0.3, -0.25) is 9.78 Å². The van der Waals surface area contributed by atoms with Gasteiger partial charge in [-0.15, -0.1) is 11.3 Å². The van der Waals surface area contributed by atoms with Gasteiger partial charge in [0.25, 0.3) is 5.56 Å². The Kier molecular flexibility index (Phi) is 5.38. The number of aromatic nitrogens is 3. The fourth-order valence-corrected chi connectivity index (χ4v) is 4.43. The summed E-state index contributed by atoms with van der Waals surface area (Å²) < 4.78 is 5.83. The number of anilines is 1. The van der Waals surface area contributed by atoms with E-state index in [1.165, 1.54) is 24.2 Å². The summed E-state index contributed by atoms with van der Waals surface area (Å²) in [6.45, 7) is 2.61. The van der Waals surface area contributed by atoms with Gasteiger partial charge in [-0.1, -0.05) is 11.6 Å². The molecule has 0 saturated heterocycles. The standard InChI is InChI=1S/C23H21ClN4O2S/c1-13(26-23-28-20(12-31-23)15-3-2-6-25-10-15)17-7-16-8-18(24)21(30-11-14-4-5-14)9-19(16)27-22(17)29/h2-3,6-10,12-14H,4-5,11H2,1H3,(H,26,28)(H,27,29)/t13-/m0/s1.